The van der Waals surface area contributed by atoms with Gasteiger partial charge in [0.2, 0.25) is 0 Å². The Labute approximate surface area is 188 Å². The fraction of sp³-hybridized carbons (Fsp3) is 0. The Bertz CT molecular complexity index is 1340. The first-order chi connectivity index (χ1) is 14.5. The zero-order valence-electron chi connectivity index (χ0n) is 15.4. The minimum atomic E-state index is -4.12. The van der Waals surface area contributed by atoms with Crippen molar-refractivity contribution in [1.82, 2.24) is 0 Å². The van der Waals surface area contributed by atoms with Crippen LogP contribution in [0, 0.1) is 0 Å². The summed E-state index contributed by atoms with van der Waals surface area (Å²) < 4.78 is 54.7. The molecule has 12 heteroatoms. The molecule has 8 nitrogen and oxygen atoms in total. The van der Waals surface area contributed by atoms with Crippen molar-refractivity contribution in [3.8, 4) is 0 Å². The van der Waals surface area contributed by atoms with Gasteiger partial charge in [-0.1, -0.05) is 35.3 Å². The molecular formula is C19H14Cl2N2O6S2. The second-order valence-corrected chi connectivity index (χ2v) is 10.4. The van der Waals surface area contributed by atoms with Gasteiger partial charge >= 0.3 is 5.97 Å². The fourth-order valence-corrected chi connectivity index (χ4v) is 5.43. The second kappa shape index (κ2) is 8.75. The summed E-state index contributed by atoms with van der Waals surface area (Å²) in [6.45, 7) is 0. The first kappa shape index (κ1) is 22.9. The molecule has 0 aliphatic carbocycles. The number of halogens is 2. The highest BCUT2D eigenvalue weighted by Gasteiger charge is 2.20. The lowest BCUT2D eigenvalue weighted by Gasteiger charge is -2.12. The molecule has 0 unspecified atom stereocenters. The number of aromatic carboxylic acids is 1. The van der Waals surface area contributed by atoms with Crippen LogP contribution < -0.4 is 9.44 Å². The van der Waals surface area contributed by atoms with E-state index in [1.165, 1.54) is 66.7 Å². The number of carboxylic acids is 1. The molecule has 162 valence electrons. The third-order valence-electron chi connectivity index (χ3n) is 3.96. The molecule has 0 atom stereocenters. The van der Waals surface area contributed by atoms with Gasteiger partial charge in [0.05, 0.1) is 21.0 Å². The number of hydrogen-bond donors (Lipinski definition) is 3. The van der Waals surface area contributed by atoms with Crippen molar-refractivity contribution in [3.63, 3.8) is 0 Å². The van der Waals surface area contributed by atoms with Crippen molar-refractivity contribution in [3.05, 3.63) is 82.3 Å². The number of hydrogen-bond acceptors (Lipinski definition) is 5. The highest BCUT2D eigenvalue weighted by Crippen LogP contribution is 2.25. The van der Waals surface area contributed by atoms with Gasteiger partial charge in [-0.15, -0.1) is 0 Å². The minimum absolute atomic E-state index is 0.0981. The maximum atomic E-state index is 12.6. The fourth-order valence-electron chi connectivity index (χ4n) is 2.56. The van der Waals surface area contributed by atoms with Crippen LogP contribution in [0.5, 0.6) is 0 Å². The number of rotatable bonds is 7. The van der Waals surface area contributed by atoms with Gasteiger partial charge in [0.15, 0.2) is 0 Å². The maximum absolute atomic E-state index is 12.6. The molecule has 3 rings (SSSR count). The minimum Gasteiger partial charge on any atom is -0.478 e. The largest absolute Gasteiger partial charge is 0.478 e. The third-order valence-corrected chi connectivity index (χ3v) is 7.14. The van der Waals surface area contributed by atoms with Gasteiger partial charge in [0.1, 0.15) is 0 Å². The van der Waals surface area contributed by atoms with Crippen LogP contribution in [0.15, 0.2) is 76.5 Å². The van der Waals surface area contributed by atoms with Crippen LogP contribution >= 0.6 is 23.2 Å². The molecule has 0 saturated carbocycles. The zero-order valence-corrected chi connectivity index (χ0v) is 18.6. The van der Waals surface area contributed by atoms with Crippen LogP contribution in [-0.4, -0.2) is 27.9 Å². The maximum Gasteiger partial charge on any atom is 0.337 e. The van der Waals surface area contributed by atoms with E-state index in [1.54, 1.807) is 0 Å². The van der Waals surface area contributed by atoms with Crippen molar-refractivity contribution in [1.29, 1.82) is 0 Å². The van der Waals surface area contributed by atoms with Crippen LogP contribution in [0.4, 0.5) is 11.4 Å². The summed E-state index contributed by atoms with van der Waals surface area (Å²) in [5, 5.41) is 9.47. The quantitative estimate of drug-likeness (QED) is 0.443. The molecule has 0 heterocycles. The van der Waals surface area contributed by atoms with E-state index in [1.807, 2.05) is 0 Å². The van der Waals surface area contributed by atoms with Crippen molar-refractivity contribution >= 4 is 60.6 Å². The SMILES string of the molecule is O=C(O)c1ccccc1NS(=O)(=O)c1ccc(NS(=O)(=O)c2cc(Cl)cc(Cl)c2)cc1. The van der Waals surface area contributed by atoms with Crippen LogP contribution in [0.3, 0.4) is 0 Å². The lowest BCUT2D eigenvalue weighted by atomic mass is 10.2. The molecule has 0 aliphatic heterocycles. The number of para-hydroxylation sites is 1. The van der Waals surface area contributed by atoms with Gasteiger partial charge in [-0.05, 0) is 54.6 Å². The molecule has 0 aromatic heterocycles. The van der Waals surface area contributed by atoms with Crippen molar-refractivity contribution in [2.75, 3.05) is 9.44 Å². The van der Waals surface area contributed by atoms with Crippen molar-refractivity contribution in [2.45, 2.75) is 9.79 Å². The van der Waals surface area contributed by atoms with Crippen molar-refractivity contribution in [2.24, 2.45) is 0 Å². The van der Waals surface area contributed by atoms with Gasteiger partial charge in [0.25, 0.3) is 20.0 Å². The molecule has 0 aliphatic rings. The molecule has 0 saturated heterocycles. The Hall–Kier alpha value is -2.79. The highest BCUT2D eigenvalue weighted by molar-refractivity contribution is 7.93. The Morgan fingerprint density at radius 2 is 1.29 bits per heavy atom. The second-order valence-electron chi connectivity index (χ2n) is 6.19. The Balaban J connectivity index is 1.83. The summed E-state index contributed by atoms with van der Waals surface area (Å²) in [6.07, 6.45) is 0. The summed E-state index contributed by atoms with van der Waals surface area (Å²) >= 11 is 11.7. The third kappa shape index (κ3) is 5.47. The molecule has 0 bridgehead atoms. The van der Waals surface area contributed by atoms with Crippen LogP contribution in [-0.2, 0) is 20.0 Å². The van der Waals surface area contributed by atoms with Crippen molar-refractivity contribution < 1.29 is 26.7 Å². The van der Waals surface area contributed by atoms with Gasteiger partial charge in [-0.2, -0.15) is 0 Å². The number of carbonyl (C=O) groups is 1. The van der Waals surface area contributed by atoms with Gasteiger partial charge in [-0.25, -0.2) is 21.6 Å². The Kier molecular flexibility index (Phi) is 6.46. The van der Waals surface area contributed by atoms with E-state index in [0.717, 1.165) is 0 Å². The first-order valence-corrected chi connectivity index (χ1v) is 12.1. The molecule has 0 spiro atoms. The molecular weight excluding hydrogens is 487 g/mol. The summed E-state index contributed by atoms with van der Waals surface area (Å²) in [5.74, 6) is -1.29. The lowest BCUT2D eigenvalue weighted by molar-refractivity contribution is 0.0698. The molecule has 0 amide bonds. The smallest absolute Gasteiger partial charge is 0.337 e. The molecule has 3 N–H and O–H groups in total. The number of anilines is 2. The number of sulfonamides is 2. The number of carboxylic acid groups (broad SMARTS) is 1. The Morgan fingerprint density at radius 1 is 0.742 bits per heavy atom. The van der Waals surface area contributed by atoms with E-state index < -0.39 is 26.0 Å². The zero-order chi connectivity index (χ0) is 22.8. The number of nitrogens with one attached hydrogen (secondary N) is 2. The molecule has 3 aromatic rings. The highest BCUT2D eigenvalue weighted by atomic mass is 35.5. The van der Waals surface area contributed by atoms with Gasteiger partial charge in [-0.3, -0.25) is 9.44 Å². The standard InChI is InChI=1S/C19H14Cl2N2O6S2/c20-12-9-13(21)11-16(10-12)31(28,29)22-14-5-7-15(8-6-14)30(26,27)23-18-4-2-1-3-17(18)19(24)25/h1-11,22-23H,(H,24,25). The van der Waals surface area contributed by atoms with E-state index in [9.17, 15) is 26.7 Å². The average molecular weight is 501 g/mol. The van der Waals surface area contributed by atoms with E-state index in [4.69, 9.17) is 23.2 Å². The monoisotopic (exact) mass is 500 g/mol. The van der Waals surface area contributed by atoms with E-state index in [2.05, 4.69) is 9.44 Å². The molecule has 31 heavy (non-hydrogen) atoms. The first-order valence-electron chi connectivity index (χ1n) is 8.42. The summed E-state index contributed by atoms with van der Waals surface area (Å²) in [7, 11) is -8.14. The van der Waals surface area contributed by atoms with E-state index in [-0.39, 0.29) is 36.8 Å². The average Bonchev–Trinajstić information content (AvgIpc) is 2.67. The van der Waals surface area contributed by atoms with E-state index >= 15 is 0 Å². The molecule has 3 aromatic carbocycles. The topological polar surface area (TPSA) is 130 Å². The predicted molar refractivity (Wildman–Crippen MR) is 118 cm³/mol. The summed E-state index contributed by atoms with van der Waals surface area (Å²) in [4.78, 5) is 10.9. The Morgan fingerprint density at radius 3 is 1.87 bits per heavy atom. The van der Waals surface area contributed by atoms with E-state index in [0.29, 0.717) is 0 Å². The van der Waals surface area contributed by atoms with Crippen LogP contribution in [0.1, 0.15) is 10.4 Å². The van der Waals surface area contributed by atoms with Crippen LogP contribution in [0.2, 0.25) is 10.0 Å². The van der Waals surface area contributed by atoms with Gasteiger partial charge < -0.3 is 5.11 Å². The normalized spacial score (nSPS) is 11.7. The summed E-state index contributed by atoms with van der Waals surface area (Å²) in [6, 6.07) is 14.2. The van der Waals surface area contributed by atoms with Crippen LogP contribution in [0.25, 0.3) is 0 Å². The summed E-state index contributed by atoms with van der Waals surface area (Å²) in [5.41, 5.74) is -0.214. The number of benzene rings is 3. The predicted octanol–water partition coefficient (Wildman–Crippen LogP) is 4.29. The van der Waals surface area contributed by atoms with Gasteiger partial charge in [0, 0.05) is 15.7 Å². The molecule has 0 radical (unpaired) electrons. The molecule has 0 fully saturated rings. The lowest BCUT2D eigenvalue weighted by Crippen LogP contribution is -2.16.